The molecule has 3 heteroatoms. The van der Waals surface area contributed by atoms with Crippen molar-refractivity contribution in [3.8, 4) is 0 Å². The number of likely N-dealkylation sites (N-methyl/N-ethyl adjacent to an activating group) is 1. The molecule has 1 N–H and O–H groups in total. The lowest BCUT2D eigenvalue weighted by Crippen LogP contribution is -2.44. The molecule has 104 valence electrons. The van der Waals surface area contributed by atoms with Crippen LogP contribution in [0.1, 0.15) is 31.2 Å². The van der Waals surface area contributed by atoms with Crippen molar-refractivity contribution < 1.29 is 4.79 Å². The van der Waals surface area contributed by atoms with Crippen molar-refractivity contribution in [1.29, 1.82) is 0 Å². The van der Waals surface area contributed by atoms with Crippen LogP contribution < -0.4 is 5.32 Å². The molecule has 0 atom stereocenters. The van der Waals surface area contributed by atoms with Gasteiger partial charge in [-0.1, -0.05) is 43.2 Å². The van der Waals surface area contributed by atoms with Gasteiger partial charge in [0.2, 0.25) is 5.91 Å². The monoisotopic (exact) mass is 260 g/mol. The van der Waals surface area contributed by atoms with E-state index >= 15 is 0 Å². The van der Waals surface area contributed by atoms with Crippen molar-refractivity contribution in [2.24, 2.45) is 0 Å². The molecule has 1 saturated carbocycles. The molecule has 0 spiro atoms. The van der Waals surface area contributed by atoms with Gasteiger partial charge in [-0.2, -0.15) is 0 Å². The average Bonchev–Trinajstić information content (AvgIpc) is 2.90. The van der Waals surface area contributed by atoms with Crippen molar-refractivity contribution in [1.82, 2.24) is 10.2 Å². The van der Waals surface area contributed by atoms with Gasteiger partial charge < -0.3 is 10.2 Å². The van der Waals surface area contributed by atoms with E-state index in [4.69, 9.17) is 0 Å². The number of carbonyl (C=O) groups is 1. The second kappa shape index (κ2) is 6.20. The molecular formula is C16H24N2O. The van der Waals surface area contributed by atoms with Crippen LogP contribution in [0.4, 0.5) is 0 Å². The van der Waals surface area contributed by atoms with Crippen molar-refractivity contribution in [3.05, 3.63) is 35.9 Å². The molecule has 1 amide bonds. The van der Waals surface area contributed by atoms with Gasteiger partial charge in [-0.3, -0.25) is 4.79 Å². The Hall–Kier alpha value is -1.35. The van der Waals surface area contributed by atoms with Crippen molar-refractivity contribution in [2.45, 2.75) is 31.1 Å². The summed E-state index contributed by atoms with van der Waals surface area (Å²) < 4.78 is 0. The van der Waals surface area contributed by atoms with Crippen LogP contribution in [0.3, 0.4) is 0 Å². The smallest absolute Gasteiger partial charge is 0.230 e. The van der Waals surface area contributed by atoms with Gasteiger partial charge >= 0.3 is 0 Å². The predicted octanol–water partition coefficient (Wildman–Crippen LogP) is 2.18. The molecule has 0 heterocycles. The summed E-state index contributed by atoms with van der Waals surface area (Å²) in [5.41, 5.74) is 0.892. The van der Waals surface area contributed by atoms with Gasteiger partial charge in [0.15, 0.2) is 0 Å². The highest BCUT2D eigenvalue weighted by atomic mass is 16.2. The van der Waals surface area contributed by atoms with Crippen LogP contribution in [0, 0.1) is 0 Å². The lowest BCUT2D eigenvalue weighted by Gasteiger charge is -2.28. The summed E-state index contributed by atoms with van der Waals surface area (Å²) in [6.45, 7) is 1.61. The first kappa shape index (κ1) is 14.1. The average molecular weight is 260 g/mol. The van der Waals surface area contributed by atoms with E-state index in [0.29, 0.717) is 0 Å². The summed E-state index contributed by atoms with van der Waals surface area (Å²) in [4.78, 5) is 14.7. The maximum absolute atomic E-state index is 12.6. The number of hydrogen-bond donors (Lipinski definition) is 1. The Morgan fingerprint density at radius 2 is 1.84 bits per heavy atom. The van der Waals surface area contributed by atoms with E-state index in [1.54, 1.807) is 0 Å². The number of amides is 1. The van der Waals surface area contributed by atoms with Gasteiger partial charge in [0.05, 0.1) is 5.41 Å². The fourth-order valence-electron chi connectivity index (χ4n) is 2.94. The molecule has 3 nitrogen and oxygen atoms in total. The van der Waals surface area contributed by atoms with E-state index in [1.165, 1.54) is 5.56 Å². The number of rotatable bonds is 5. The first-order chi connectivity index (χ1) is 9.15. The molecule has 1 fully saturated rings. The summed E-state index contributed by atoms with van der Waals surface area (Å²) in [5.74, 6) is 0.207. The van der Waals surface area contributed by atoms with Gasteiger partial charge in [0.25, 0.3) is 0 Å². The molecule has 1 aliphatic carbocycles. The largest absolute Gasteiger partial charge is 0.354 e. The van der Waals surface area contributed by atoms with Crippen LogP contribution in [-0.4, -0.2) is 38.0 Å². The Bertz CT molecular complexity index is 408. The zero-order valence-corrected chi connectivity index (χ0v) is 12.0. The Kier molecular flexibility index (Phi) is 4.59. The summed E-state index contributed by atoms with van der Waals surface area (Å²) in [7, 11) is 4.05. The van der Waals surface area contributed by atoms with Crippen LogP contribution in [0.5, 0.6) is 0 Å². The molecule has 1 aliphatic rings. The molecule has 0 bridgehead atoms. The maximum Gasteiger partial charge on any atom is 0.230 e. The normalized spacial score (nSPS) is 17.6. The Morgan fingerprint density at radius 1 is 1.21 bits per heavy atom. The van der Waals surface area contributed by atoms with Crippen LogP contribution in [0.2, 0.25) is 0 Å². The summed E-state index contributed by atoms with van der Waals surface area (Å²) in [5, 5.41) is 3.11. The highest BCUT2D eigenvalue weighted by molar-refractivity contribution is 5.88. The standard InChI is InChI=1S/C16H24N2O/c1-18(2)13-12-17-15(19)16(10-6-7-11-16)14-8-4-3-5-9-14/h3-5,8-9H,6-7,10-13H2,1-2H3,(H,17,19). The molecule has 19 heavy (non-hydrogen) atoms. The van der Waals surface area contributed by atoms with E-state index in [0.717, 1.165) is 38.8 Å². The summed E-state index contributed by atoms with van der Waals surface area (Å²) >= 11 is 0. The lowest BCUT2D eigenvalue weighted by atomic mass is 9.78. The molecule has 1 aromatic carbocycles. The number of nitrogens with one attached hydrogen (secondary N) is 1. The minimum atomic E-state index is -0.284. The van der Waals surface area contributed by atoms with Crippen molar-refractivity contribution in [2.75, 3.05) is 27.2 Å². The fourth-order valence-corrected chi connectivity index (χ4v) is 2.94. The van der Waals surface area contributed by atoms with Gasteiger partial charge in [0, 0.05) is 13.1 Å². The highest BCUT2D eigenvalue weighted by Gasteiger charge is 2.42. The van der Waals surface area contributed by atoms with E-state index < -0.39 is 0 Å². The van der Waals surface area contributed by atoms with Crippen LogP contribution in [0.25, 0.3) is 0 Å². The SMILES string of the molecule is CN(C)CCNC(=O)C1(c2ccccc2)CCCC1. The van der Waals surface area contributed by atoms with E-state index in [9.17, 15) is 4.79 Å². The second-order valence-corrected chi connectivity index (χ2v) is 5.71. The maximum atomic E-state index is 12.6. The molecule has 2 rings (SSSR count). The first-order valence-electron chi connectivity index (χ1n) is 7.14. The van der Waals surface area contributed by atoms with Crippen LogP contribution in [-0.2, 0) is 10.2 Å². The molecule has 0 saturated heterocycles. The third-order valence-corrected chi connectivity index (χ3v) is 4.06. The van der Waals surface area contributed by atoms with Gasteiger partial charge in [-0.25, -0.2) is 0 Å². The minimum Gasteiger partial charge on any atom is -0.354 e. The predicted molar refractivity (Wildman–Crippen MR) is 78.2 cm³/mol. The zero-order chi connectivity index (χ0) is 13.7. The number of nitrogens with zero attached hydrogens (tertiary/aromatic N) is 1. The zero-order valence-electron chi connectivity index (χ0n) is 12.0. The lowest BCUT2D eigenvalue weighted by molar-refractivity contribution is -0.126. The van der Waals surface area contributed by atoms with Gasteiger partial charge in [0.1, 0.15) is 0 Å². The Balaban J connectivity index is 2.09. The van der Waals surface area contributed by atoms with E-state index in [1.807, 2.05) is 32.3 Å². The molecule has 0 unspecified atom stereocenters. The van der Waals surface area contributed by atoms with Crippen LogP contribution in [0.15, 0.2) is 30.3 Å². The summed E-state index contributed by atoms with van der Waals surface area (Å²) in [6, 6.07) is 10.3. The third kappa shape index (κ3) is 3.16. The number of hydrogen-bond acceptors (Lipinski definition) is 2. The quantitative estimate of drug-likeness (QED) is 0.880. The topological polar surface area (TPSA) is 32.3 Å². The van der Waals surface area contributed by atoms with E-state index in [2.05, 4.69) is 22.3 Å². The Labute approximate surface area is 116 Å². The Morgan fingerprint density at radius 3 is 2.42 bits per heavy atom. The first-order valence-corrected chi connectivity index (χ1v) is 7.14. The fraction of sp³-hybridized carbons (Fsp3) is 0.562. The molecule has 1 aromatic rings. The highest BCUT2D eigenvalue weighted by Crippen LogP contribution is 2.41. The molecule has 0 radical (unpaired) electrons. The van der Waals surface area contributed by atoms with Crippen LogP contribution >= 0.6 is 0 Å². The minimum absolute atomic E-state index is 0.207. The molecule has 0 aromatic heterocycles. The van der Waals surface area contributed by atoms with Crippen molar-refractivity contribution >= 4 is 5.91 Å². The molecular weight excluding hydrogens is 236 g/mol. The number of carbonyl (C=O) groups excluding carboxylic acids is 1. The molecule has 0 aliphatic heterocycles. The van der Waals surface area contributed by atoms with E-state index in [-0.39, 0.29) is 11.3 Å². The van der Waals surface area contributed by atoms with Gasteiger partial charge in [-0.05, 0) is 32.5 Å². The van der Waals surface area contributed by atoms with Gasteiger partial charge in [-0.15, -0.1) is 0 Å². The summed E-state index contributed by atoms with van der Waals surface area (Å²) in [6.07, 6.45) is 4.25. The second-order valence-electron chi connectivity index (χ2n) is 5.71. The number of benzene rings is 1. The third-order valence-electron chi connectivity index (χ3n) is 4.06. The van der Waals surface area contributed by atoms with Crippen molar-refractivity contribution in [3.63, 3.8) is 0 Å².